The van der Waals surface area contributed by atoms with Gasteiger partial charge in [0.15, 0.2) is 0 Å². The number of benzene rings is 1. The second-order valence-electron chi connectivity index (χ2n) is 3.50. The molecule has 4 N–H and O–H groups in total. The van der Waals surface area contributed by atoms with Crippen LogP contribution in [0, 0.1) is 5.82 Å². The molecule has 0 aliphatic heterocycles. The van der Waals surface area contributed by atoms with Crippen molar-refractivity contribution in [3.05, 3.63) is 29.6 Å². The summed E-state index contributed by atoms with van der Waals surface area (Å²) in [5, 5.41) is 11.4. The van der Waals surface area contributed by atoms with Crippen LogP contribution < -0.4 is 11.1 Å². The van der Waals surface area contributed by atoms with Gasteiger partial charge in [0, 0.05) is 5.69 Å². The van der Waals surface area contributed by atoms with E-state index in [4.69, 9.17) is 10.8 Å². The van der Waals surface area contributed by atoms with Crippen LogP contribution in [-0.2, 0) is 0 Å². The van der Waals surface area contributed by atoms with Gasteiger partial charge < -0.3 is 16.2 Å². The fourth-order valence-corrected chi connectivity index (χ4v) is 1.26. The highest BCUT2D eigenvalue weighted by Gasteiger charge is 2.14. The van der Waals surface area contributed by atoms with E-state index in [1.54, 1.807) is 0 Å². The monoisotopic (exact) mass is 226 g/mol. The Hall–Kier alpha value is -1.62. The topological polar surface area (TPSA) is 75.3 Å². The van der Waals surface area contributed by atoms with Crippen molar-refractivity contribution in [2.45, 2.75) is 19.4 Å². The van der Waals surface area contributed by atoms with Crippen LogP contribution in [0.2, 0.25) is 0 Å². The Kier molecular flexibility index (Phi) is 4.25. The van der Waals surface area contributed by atoms with Crippen molar-refractivity contribution in [2.24, 2.45) is 0 Å². The first kappa shape index (κ1) is 12.4. The van der Waals surface area contributed by atoms with E-state index >= 15 is 0 Å². The van der Waals surface area contributed by atoms with Gasteiger partial charge in [-0.1, -0.05) is 6.92 Å². The van der Waals surface area contributed by atoms with Gasteiger partial charge >= 0.3 is 0 Å². The van der Waals surface area contributed by atoms with Gasteiger partial charge in [-0.25, -0.2) is 4.39 Å². The van der Waals surface area contributed by atoms with Crippen molar-refractivity contribution >= 4 is 11.6 Å². The number of carbonyl (C=O) groups is 1. The molecule has 0 radical (unpaired) electrons. The molecule has 0 aliphatic rings. The van der Waals surface area contributed by atoms with Crippen LogP contribution in [0.3, 0.4) is 0 Å². The number of amides is 1. The molecule has 1 rings (SSSR count). The molecule has 0 spiro atoms. The van der Waals surface area contributed by atoms with E-state index in [0.29, 0.717) is 6.42 Å². The molecular formula is C11H15FN2O2. The average molecular weight is 226 g/mol. The number of nitrogen functional groups attached to an aromatic ring is 1. The molecule has 4 nitrogen and oxygen atoms in total. The molecule has 5 heteroatoms. The van der Waals surface area contributed by atoms with Gasteiger partial charge in [0.05, 0.1) is 18.2 Å². The summed E-state index contributed by atoms with van der Waals surface area (Å²) in [6, 6.07) is 3.51. The van der Waals surface area contributed by atoms with Crippen molar-refractivity contribution in [1.82, 2.24) is 5.32 Å². The number of nitrogens with one attached hydrogen (secondary N) is 1. The molecule has 0 saturated heterocycles. The Balaban J connectivity index is 2.80. The number of halogens is 1. The molecule has 0 bridgehead atoms. The summed E-state index contributed by atoms with van der Waals surface area (Å²) < 4.78 is 13.4. The summed E-state index contributed by atoms with van der Waals surface area (Å²) in [5.41, 5.74) is 5.57. The van der Waals surface area contributed by atoms with Crippen LogP contribution in [-0.4, -0.2) is 23.7 Å². The Labute approximate surface area is 93.3 Å². The average Bonchev–Trinajstić information content (AvgIpc) is 2.25. The minimum absolute atomic E-state index is 0.0684. The van der Waals surface area contributed by atoms with E-state index in [1.807, 2.05) is 6.92 Å². The van der Waals surface area contributed by atoms with Crippen LogP contribution in [0.25, 0.3) is 0 Å². The lowest BCUT2D eigenvalue weighted by Crippen LogP contribution is -2.37. The lowest BCUT2D eigenvalue weighted by atomic mass is 10.1. The van der Waals surface area contributed by atoms with E-state index < -0.39 is 11.7 Å². The number of hydrogen-bond acceptors (Lipinski definition) is 3. The number of aliphatic hydroxyl groups is 1. The highest BCUT2D eigenvalue weighted by molar-refractivity contribution is 5.95. The molecule has 0 heterocycles. The van der Waals surface area contributed by atoms with Gasteiger partial charge in [-0.3, -0.25) is 4.79 Å². The van der Waals surface area contributed by atoms with Gasteiger partial charge in [-0.05, 0) is 24.6 Å². The van der Waals surface area contributed by atoms with Gasteiger partial charge in [0.1, 0.15) is 5.82 Å². The summed E-state index contributed by atoms with van der Waals surface area (Å²) in [5.74, 6) is -1.20. The van der Waals surface area contributed by atoms with Crippen molar-refractivity contribution in [1.29, 1.82) is 0 Å². The van der Waals surface area contributed by atoms with Gasteiger partial charge in [0.2, 0.25) is 0 Å². The number of rotatable bonds is 4. The van der Waals surface area contributed by atoms with Crippen molar-refractivity contribution < 1.29 is 14.3 Å². The first-order chi connectivity index (χ1) is 7.58. The zero-order valence-electron chi connectivity index (χ0n) is 9.03. The Morgan fingerprint density at radius 3 is 2.81 bits per heavy atom. The van der Waals surface area contributed by atoms with Crippen LogP contribution in [0.4, 0.5) is 10.1 Å². The minimum Gasteiger partial charge on any atom is -0.399 e. The standard InChI is InChI=1S/C11H15FN2O2/c1-2-8(6-15)14-11(16)9-4-3-7(13)5-10(9)12/h3-5,8,15H,2,6,13H2,1H3,(H,14,16)/t8-/m1/s1. The predicted molar refractivity (Wildman–Crippen MR) is 59.4 cm³/mol. The summed E-state index contributed by atoms with van der Waals surface area (Å²) in [7, 11) is 0. The van der Waals surface area contributed by atoms with E-state index in [2.05, 4.69) is 5.32 Å². The molecular weight excluding hydrogens is 211 g/mol. The second kappa shape index (κ2) is 5.46. The number of nitrogens with two attached hydrogens (primary N) is 1. The largest absolute Gasteiger partial charge is 0.399 e. The molecule has 16 heavy (non-hydrogen) atoms. The van der Waals surface area contributed by atoms with E-state index in [-0.39, 0.29) is 23.9 Å². The van der Waals surface area contributed by atoms with Crippen molar-refractivity contribution in [2.75, 3.05) is 12.3 Å². The lowest BCUT2D eigenvalue weighted by Gasteiger charge is -2.14. The van der Waals surface area contributed by atoms with E-state index in [9.17, 15) is 9.18 Å². The quantitative estimate of drug-likeness (QED) is 0.668. The third kappa shape index (κ3) is 2.93. The first-order valence-corrected chi connectivity index (χ1v) is 5.05. The number of aliphatic hydroxyl groups excluding tert-OH is 1. The zero-order valence-corrected chi connectivity index (χ0v) is 9.03. The Bertz CT molecular complexity index is 378. The van der Waals surface area contributed by atoms with Gasteiger partial charge in [-0.15, -0.1) is 0 Å². The highest BCUT2D eigenvalue weighted by Crippen LogP contribution is 2.11. The van der Waals surface area contributed by atoms with Crippen LogP contribution >= 0.6 is 0 Å². The maximum absolute atomic E-state index is 13.4. The molecule has 0 unspecified atom stereocenters. The first-order valence-electron chi connectivity index (χ1n) is 5.05. The highest BCUT2D eigenvalue weighted by atomic mass is 19.1. The third-order valence-electron chi connectivity index (χ3n) is 2.29. The fourth-order valence-electron chi connectivity index (χ4n) is 1.26. The lowest BCUT2D eigenvalue weighted by molar-refractivity contribution is 0.0911. The minimum atomic E-state index is -0.662. The van der Waals surface area contributed by atoms with Crippen LogP contribution in [0.5, 0.6) is 0 Å². The zero-order chi connectivity index (χ0) is 12.1. The number of hydrogen-bond donors (Lipinski definition) is 3. The third-order valence-corrected chi connectivity index (χ3v) is 2.29. The molecule has 88 valence electrons. The fraction of sp³-hybridized carbons (Fsp3) is 0.364. The molecule has 0 saturated carbocycles. The molecule has 0 fully saturated rings. The van der Waals surface area contributed by atoms with Gasteiger partial charge in [0.25, 0.3) is 5.91 Å². The summed E-state index contributed by atoms with van der Waals surface area (Å²) in [6.07, 6.45) is 0.582. The van der Waals surface area contributed by atoms with Crippen LogP contribution in [0.1, 0.15) is 23.7 Å². The van der Waals surface area contributed by atoms with Gasteiger partial charge in [-0.2, -0.15) is 0 Å². The predicted octanol–water partition coefficient (Wildman–Crippen LogP) is 0.909. The molecule has 0 aromatic heterocycles. The molecule has 1 atom stereocenters. The maximum Gasteiger partial charge on any atom is 0.254 e. The molecule has 1 aromatic carbocycles. The van der Waals surface area contributed by atoms with Crippen molar-refractivity contribution in [3.63, 3.8) is 0 Å². The summed E-state index contributed by atoms with van der Waals surface area (Å²) in [6.45, 7) is 1.65. The Morgan fingerprint density at radius 2 is 2.31 bits per heavy atom. The van der Waals surface area contributed by atoms with Crippen molar-refractivity contribution in [3.8, 4) is 0 Å². The molecule has 1 aromatic rings. The number of carbonyl (C=O) groups excluding carboxylic acids is 1. The summed E-state index contributed by atoms with van der Waals surface area (Å²) >= 11 is 0. The Morgan fingerprint density at radius 1 is 1.62 bits per heavy atom. The second-order valence-corrected chi connectivity index (χ2v) is 3.50. The normalized spacial score (nSPS) is 12.2. The van der Waals surface area contributed by atoms with Crippen LogP contribution in [0.15, 0.2) is 18.2 Å². The molecule has 1 amide bonds. The SMILES string of the molecule is CC[C@H](CO)NC(=O)c1ccc(N)cc1F. The maximum atomic E-state index is 13.4. The van der Waals surface area contributed by atoms with E-state index in [1.165, 1.54) is 12.1 Å². The number of anilines is 1. The summed E-state index contributed by atoms with van der Waals surface area (Å²) in [4.78, 5) is 11.6. The van der Waals surface area contributed by atoms with E-state index in [0.717, 1.165) is 6.07 Å². The molecule has 0 aliphatic carbocycles. The smallest absolute Gasteiger partial charge is 0.254 e.